The van der Waals surface area contributed by atoms with Crippen molar-refractivity contribution >= 4 is 0 Å². The number of hydrogen-bond acceptors (Lipinski definition) is 4. The first-order chi connectivity index (χ1) is 6.54. The number of phenolic OH excluding ortho intramolecular Hbond substituents is 2. The smallest absolute Gasteiger partial charge is 0.207 e. The molecule has 0 aliphatic heterocycles. The third-order valence-electron chi connectivity index (χ3n) is 2.31. The van der Waals surface area contributed by atoms with Gasteiger partial charge in [0.25, 0.3) is 0 Å². The summed E-state index contributed by atoms with van der Waals surface area (Å²) >= 11 is 0. The van der Waals surface area contributed by atoms with E-state index < -0.39 is 0 Å². The molecule has 0 unspecified atom stereocenters. The standard InChI is InChI=1S/C10H14O4/c1-5-6(2)9(13-3)10(14-4)8(12)7(5)11/h11-12H,1-4H3. The lowest BCUT2D eigenvalue weighted by Gasteiger charge is -2.15. The molecule has 0 bridgehead atoms. The van der Waals surface area contributed by atoms with E-state index in [4.69, 9.17) is 9.47 Å². The summed E-state index contributed by atoms with van der Waals surface area (Å²) in [5.74, 6) is 0.154. The molecular weight excluding hydrogens is 184 g/mol. The zero-order chi connectivity index (χ0) is 10.9. The van der Waals surface area contributed by atoms with E-state index >= 15 is 0 Å². The van der Waals surface area contributed by atoms with Gasteiger partial charge < -0.3 is 19.7 Å². The molecule has 0 amide bonds. The van der Waals surface area contributed by atoms with Crippen LogP contribution < -0.4 is 9.47 Å². The van der Waals surface area contributed by atoms with Crippen molar-refractivity contribution in [3.8, 4) is 23.0 Å². The number of rotatable bonds is 2. The van der Waals surface area contributed by atoms with E-state index in [1.165, 1.54) is 14.2 Å². The van der Waals surface area contributed by atoms with Gasteiger partial charge in [-0.2, -0.15) is 0 Å². The van der Waals surface area contributed by atoms with Gasteiger partial charge in [-0.25, -0.2) is 0 Å². The van der Waals surface area contributed by atoms with Crippen LogP contribution in [0.4, 0.5) is 0 Å². The maximum atomic E-state index is 9.56. The first kappa shape index (κ1) is 10.5. The Labute approximate surface area is 82.7 Å². The fraction of sp³-hybridized carbons (Fsp3) is 0.400. The van der Waals surface area contributed by atoms with E-state index in [1.54, 1.807) is 13.8 Å². The molecule has 0 fully saturated rings. The first-order valence-corrected chi connectivity index (χ1v) is 4.17. The molecule has 1 rings (SSSR count). The quantitative estimate of drug-likeness (QED) is 0.710. The van der Waals surface area contributed by atoms with Crippen LogP contribution in [0.1, 0.15) is 11.1 Å². The van der Waals surface area contributed by atoms with Gasteiger partial charge in [-0.3, -0.25) is 0 Å². The van der Waals surface area contributed by atoms with Gasteiger partial charge in [0.1, 0.15) is 0 Å². The van der Waals surface area contributed by atoms with Gasteiger partial charge in [-0.1, -0.05) is 0 Å². The van der Waals surface area contributed by atoms with Crippen LogP contribution in [0.15, 0.2) is 0 Å². The number of benzene rings is 1. The second kappa shape index (κ2) is 3.65. The molecule has 4 nitrogen and oxygen atoms in total. The molecule has 0 saturated carbocycles. The lowest BCUT2D eigenvalue weighted by Crippen LogP contribution is -1.96. The van der Waals surface area contributed by atoms with Crippen LogP contribution in [0.2, 0.25) is 0 Å². The minimum Gasteiger partial charge on any atom is -0.504 e. The highest BCUT2D eigenvalue weighted by Gasteiger charge is 2.20. The molecule has 1 aromatic carbocycles. The van der Waals surface area contributed by atoms with Crippen molar-refractivity contribution in [3.05, 3.63) is 11.1 Å². The molecule has 0 aliphatic rings. The number of phenols is 2. The molecular formula is C10H14O4. The zero-order valence-corrected chi connectivity index (χ0v) is 8.71. The maximum Gasteiger partial charge on any atom is 0.207 e. The van der Waals surface area contributed by atoms with Crippen LogP contribution in [-0.4, -0.2) is 24.4 Å². The van der Waals surface area contributed by atoms with Crippen molar-refractivity contribution in [2.75, 3.05) is 14.2 Å². The summed E-state index contributed by atoms with van der Waals surface area (Å²) in [6.45, 7) is 3.49. The van der Waals surface area contributed by atoms with Crippen LogP contribution in [0.5, 0.6) is 23.0 Å². The van der Waals surface area contributed by atoms with Crippen LogP contribution >= 0.6 is 0 Å². The van der Waals surface area contributed by atoms with Crippen molar-refractivity contribution in [2.24, 2.45) is 0 Å². The first-order valence-electron chi connectivity index (χ1n) is 4.17. The predicted octanol–water partition coefficient (Wildman–Crippen LogP) is 1.73. The molecule has 0 heterocycles. The van der Waals surface area contributed by atoms with Crippen molar-refractivity contribution in [1.29, 1.82) is 0 Å². The van der Waals surface area contributed by atoms with Crippen molar-refractivity contribution < 1.29 is 19.7 Å². The molecule has 1 aromatic rings. The van der Waals surface area contributed by atoms with E-state index in [1.807, 2.05) is 0 Å². The third kappa shape index (κ3) is 1.32. The van der Waals surface area contributed by atoms with Gasteiger partial charge in [0.15, 0.2) is 11.5 Å². The monoisotopic (exact) mass is 198 g/mol. The number of hydrogen-bond donors (Lipinski definition) is 2. The van der Waals surface area contributed by atoms with Crippen LogP contribution in [-0.2, 0) is 0 Å². The normalized spacial score (nSPS) is 10.0. The SMILES string of the molecule is COc1c(C)c(C)c(O)c(O)c1OC. The summed E-state index contributed by atoms with van der Waals surface area (Å²) in [5, 5.41) is 19.1. The second-order valence-electron chi connectivity index (χ2n) is 3.01. The Hall–Kier alpha value is -1.58. The Kier molecular flexibility index (Phi) is 2.74. The summed E-state index contributed by atoms with van der Waals surface area (Å²) < 4.78 is 10.0. The lowest BCUT2D eigenvalue weighted by atomic mass is 10.1. The minimum atomic E-state index is -0.285. The summed E-state index contributed by atoms with van der Waals surface area (Å²) in [4.78, 5) is 0. The highest BCUT2D eigenvalue weighted by Crippen LogP contribution is 2.47. The molecule has 78 valence electrons. The Morgan fingerprint density at radius 1 is 0.786 bits per heavy atom. The van der Waals surface area contributed by atoms with Gasteiger partial charge in [0.2, 0.25) is 11.5 Å². The van der Waals surface area contributed by atoms with Crippen molar-refractivity contribution in [3.63, 3.8) is 0 Å². The highest BCUT2D eigenvalue weighted by atomic mass is 16.5. The Morgan fingerprint density at radius 3 is 1.71 bits per heavy atom. The summed E-state index contributed by atoms with van der Waals surface area (Å²) in [6.07, 6.45) is 0. The van der Waals surface area contributed by atoms with Gasteiger partial charge >= 0.3 is 0 Å². The van der Waals surface area contributed by atoms with Crippen LogP contribution in [0.3, 0.4) is 0 Å². The highest BCUT2D eigenvalue weighted by molar-refractivity contribution is 5.65. The predicted molar refractivity (Wildman–Crippen MR) is 52.3 cm³/mol. The van der Waals surface area contributed by atoms with E-state index in [0.717, 1.165) is 5.56 Å². The number of aromatic hydroxyl groups is 2. The van der Waals surface area contributed by atoms with E-state index in [0.29, 0.717) is 11.3 Å². The Bertz CT molecular complexity index is 323. The van der Waals surface area contributed by atoms with Crippen molar-refractivity contribution in [2.45, 2.75) is 13.8 Å². The molecule has 0 spiro atoms. The molecule has 4 heteroatoms. The Balaban J connectivity index is 3.57. The summed E-state index contributed by atoms with van der Waals surface area (Å²) in [6, 6.07) is 0. The molecule has 0 radical (unpaired) electrons. The zero-order valence-electron chi connectivity index (χ0n) is 8.71. The molecule has 0 aromatic heterocycles. The maximum absolute atomic E-state index is 9.56. The van der Waals surface area contributed by atoms with Crippen LogP contribution in [0, 0.1) is 13.8 Å². The largest absolute Gasteiger partial charge is 0.504 e. The second-order valence-corrected chi connectivity index (χ2v) is 3.01. The lowest BCUT2D eigenvalue weighted by molar-refractivity contribution is 0.318. The fourth-order valence-electron chi connectivity index (χ4n) is 1.35. The molecule has 2 N–H and O–H groups in total. The van der Waals surface area contributed by atoms with Gasteiger partial charge in [0.05, 0.1) is 14.2 Å². The van der Waals surface area contributed by atoms with E-state index in [-0.39, 0.29) is 17.2 Å². The summed E-state index contributed by atoms with van der Waals surface area (Å²) in [7, 11) is 2.90. The van der Waals surface area contributed by atoms with Gasteiger partial charge in [0, 0.05) is 11.1 Å². The molecule has 14 heavy (non-hydrogen) atoms. The average Bonchev–Trinajstić information content (AvgIpc) is 2.20. The summed E-state index contributed by atoms with van der Waals surface area (Å²) in [5.41, 5.74) is 1.33. The van der Waals surface area contributed by atoms with E-state index in [9.17, 15) is 10.2 Å². The third-order valence-corrected chi connectivity index (χ3v) is 2.31. The Morgan fingerprint density at radius 2 is 1.29 bits per heavy atom. The molecule has 0 saturated heterocycles. The molecule has 0 atom stereocenters. The van der Waals surface area contributed by atoms with Crippen molar-refractivity contribution in [1.82, 2.24) is 0 Å². The number of ether oxygens (including phenoxy) is 2. The topological polar surface area (TPSA) is 58.9 Å². The molecule has 0 aliphatic carbocycles. The minimum absolute atomic E-state index is 0.160. The van der Waals surface area contributed by atoms with Gasteiger partial charge in [-0.15, -0.1) is 0 Å². The van der Waals surface area contributed by atoms with Crippen LogP contribution in [0.25, 0.3) is 0 Å². The average molecular weight is 198 g/mol. The number of methoxy groups -OCH3 is 2. The van der Waals surface area contributed by atoms with E-state index in [2.05, 4.69) is 0 Å². The fourth-order valence-corrected chi connectivity index (χ4v) is 1.35. The van der Waals surface area contributed by atoms with Gasteiger partial charge in [-0.05, 0) is 13.8 Å².